The molecule has 0 amide bonds. The predicted molar refractivity (Wildman–Crippen MR) is 448 cm³/mol. The number of anilines is 6. The van der Waals surface area contributed by atoms with Crippen LogP contribution in [0.5, 0.6) is 23.0 Å². The lowest BCUT2D eigenvalue weighted by atomic mass is 9.29. The Bertz CT molecular complexity index is 7610. The van der Waals surface area contributed by atoms with E-state index in [2.05, 4.69) is 49.9 Å². The van der Waals surface area contributed by atoms with Crippen LogP contribution < -0.4 is 52.1 Å². The van der Waals surface area contributed by atoms with Gasteiger partial charge in [-0.15, -0.1) is 0 Å². The van der Waals surface area contributed by atoms with Gasteiger partial charge in [-0.2, -0.15) is 0 Å². The van der Waals surface area contributed by atoms with Gasteiger partial charge >= 0.3 is 0 Å². The van der Waals surface area contributed by atoms with Crippen LogP contribution in [0, 0.1) is 0 Å². The van der Waals surface area contributed by atoms with Gasteiger partial charge in [-0.05, 0) is 159 Å². The highest BCUT2D eigenvalue weighted by Gasteiger charge is 2.53. The minimum atomic E-state index is -1.51. The fourth-order valence-electron chi connectivity index (χ4n) is 17.2. The molecule has 0 fully saturated rings. The Balaban J connectivity index is 1.01. The van der Waals surface area contributed by atoms with E-state index in [0.29, 0.717) is 61.6 Å². The zero-order chi connectivity index (χ0) is 85.5. The van der Waals surface area contributed by atoms with Crippen LogP contribution in [-0.2, 0) is 5.41 Å². The zero-order valence-corrected chi connectivity index (χ0v) is 58.0. The van der Waals surface area contributed by atoms with Crippen molar-refractivity contribution in [2.45, 2.75) is 26.2 Å². The van der Waals surface area contributed by atoms with Gasteiger partial charge < -0.3 is 23.8 Å². The molecule has 0 saturated heterocycles. The zero-order valence-electron chi connectivity index (χ0n) is 75.0. The van der Waals surface area contributed by atoms with Crippen molar-refractivity contribution in [3.05, 3.63) is 357 Å². The molecule has 1 aromatic heterocycles. The van der Waals surface area contributed by atoms with Crippen molar-refractivity contribution in [1.29, 1.82) is 0 Å². The van der Waals surface area contributed by atoms with Crippen molar-refractivity contribution in [2.24, 2.45) is 0 Å². The predicted octanol–water partition coefficient (Wildman–Crippen LogP) is 22.5. The molecule has 6 heterocycles. The van der Waals surface area contributed by atoms with Gasteiger partial charge in [0.15, 0.2) is 0 Å². The topological polar surface area (TPSA) is 29.9 Å². The van der Waals surface area contributed by atoms with Crippen molar-refractivity contribution < 1.29 is 32.8 Å². The molecule has 5 aliphatic rings. The summed E-state index contributed by atoms with van der Waals surface area (Å²) in [7, 11) is 0. The minimum absolute atomic E-state index is 0.00769. The van der Waals surface area contributed by atoms with Crippen molar-refractivity contribution in [1.82, 2.24) is 4.57 Å². The van der Waals surface area contributed by atoms with Crippen LogP contribution in [-0.4, -0.2) is 18.0 Å². The molecule has 0 radical (unpaired) electrons. The van der Waals surface area contributed by atoms with Gasteiger partial charge in [-0.1, -0.05) is 318 Å². The summed E-state index contributed by atoms with van der Waals surface area (Å²) in [6.45, 7) is 3.45. The molecule has 500 valence electrons. The maximum atomic E-state index is 12.3. The van der Waals surface area contributed by atoms with Crippen molar-refractivity contribution in [2.75, 3.05) is 9.80 Å². The van der Waals surface area contributed by atoms with E-state index in [9.17, 15) is 21.9 Å². The van der Waals surface area contributed by atoms with Crippen LogP contribution >= 0.6 is 0 Å². The molecule has 16 aromatic carbocycles. The van der Waals surface area contributed by atoms with E-state index in [1.807, 2.05) is 205 Å². The molecule has 0 saturated carbocycles. The highest BCUT2D eigenvalue weighted by Crippen LogP contribution is 2.57. The third-order valence-electron chi connectivity index (χ3n) is 21.8. The Kier molecular flexibility index (Phi) is 10.2. The lowest BCUT2D eigenvalue weighted by Gasteiger charge is -2.48. The summed E-state index contributed by atoms with van der Waals surface area (Å²) in [5, 5.41) is -0.147. The van der Waals surface area contributed by atoms with Gasteiger partial charge in [0, 0.05) is 66.9 Å². The molecule has 107 heavy (non-hydrogen) atoms. The van der Waals surface area contributed by atoms with E-state index < -0.39 is 115 Å². The summed E-state index contributed by atoms with van der Waals surface area (Å²) >= 11 is 0. The molecule has 22 rings (SSSR count). The third kappa shape index (κ3) is 9.20. The second-order valence-corrected chi connectivity index (χ2v) is 28.7. The largest absolute Gasteiger partial charge is 0.459 e. The molecule has 5 aliphatic heterocycles. The number of hydrogen-bond donors (Lipinski definition) is 0. The molecule has 0 aliphatic carbocycles. The van der Waals surface area contributed by atoms with Crippen LogP contribution in [0.1, 0.15) is 49.6 Å². The minimum Gasteiger partial charge on any atom is -0.459 e. The van der Waals surface area contributed by atoms with E-state index in [0.717, 1.165) is 44.5 Å². The Labute approximate surface area is 647 Å². The number of ether oxygens (including phenoxy) is 2. The van der Waals surface area contributed by atoms with Crippen LogP contribution in [0.4, 0.5) is 34.1 Å². The highest BCUT2D eigenvalue weighted by molar-refractivity contribution is 7.04. The lowest BCUT2D eigenvalue weighted by Crippen LogP contribution is -2.66. The number of benzene rings is 16. The van der Waals surface area contributed by atoms with E-state index in [1.54, 1.807) is 28.8 Å². The van der Waals surface area contributed by atoms with E-state index in [4.69, 9.17) is 10.8 Å². The normalized spacial score (nSPS) is 15.3. The van der Waals surface area contributed by atoms with Gasteiger partial charge in [-0.3, -0.25) is 0 Å². The number of aromatic nitrogens is 1. The second-order valence-electron chi connectivity index (χ2n) is 28.7. The quantitative estimate of drug-likeness (QED) is 0.128. The van der Waals surface area contributed by atoms with Gasteiger partial charge in [0.1, 0.15) is 23.0 Å². The molecule has 7 heteroatoms. The average Bonchev–Trinajstić information content (AvgIpc) is 1.43. The Morgan fingerprint density at radius 3 is 1.37 bits per heavy atom. The summed E-state index contributed by atoms with van der Waals surface area (Å²) in [5.74, 6) is -0.429. The summed E-state index contributed by atoms with van der Waals surface area (Å²) in [6, 6.07) is 71.6. The third-order valence-corrected chi connectivity index (χ3v) is 21.8. The fraction of sp³-hybridized carbons (Fsp3) is 0.0400. The summed E-state index contributed by atoms with van der Waals surface area (Å²) in [6.07, 6.45) is 0. The first-order valence-electron chi connectivity index (χ1n) is 44.4. The van der Waals surface area contributed by atoms with Crippen LogP contribution in [0.2, 0.25) is 0 Å². The Morgan fingerprint density at radius 1 is 0.308 bits per heavy atom. The molecule has 5 nitrogen and oxygen atoms in total. The molecule has 17 aromatic rings. The van der Waals surface area contributed by atoms with Gasteiger partial charge in [0.2, 0.25) is 0 Å². The first-order chi connectivity index (χ1) is 59.9. The smallest absolute Gasteiger partial charge is 0.266 e. The lowest BCUT2D eigenvalue weighted by molar-refractivity contribution is 0.466. The van der Waals surface area contributed by atoms with Gasteiger partial charge in [0.05, 0.1) is 45.7 Å². The summed E-state index contributed by atoms with van der Waals surface area (Å²) in [5.41, 5.74) is 11.4. The molecular formula is C100H67B2N3O2. The van der Waals surface area contributed by atoms with Crippen LogP contribution in [0.3, 0.4) is 0 Å². The number of nitrogens with zero attached hydrogens (tertiary/aromatic N) is 3. The van der Waals surface area contributed by atoms with E-state index >= 15 is 0 Å². The summed E-state index contributed by atoms with van der Waals surface area (Å²) < 4.78 is 192. The van der Waals surface area contributed by atoms with Crippen LogP contribution in [0.15, 0.2) is 351 Å². The van der Waals surface area contributed by atoms with Gasteiger partial charge in [0.25, 0.3) is 13.4 Å². The maximum absolute atomic E-state index is 12.3. The Morgan fingerprint density at radius 2 is 0.794 bits per heavy atom. The van der Waals surface area contributed by atoms with E-state index in [-0.39, 0.29) is 113 Å². The monoisotopic (exact) mass is 1380 g/mol. The number of para-hydroxylation sites is 3. The maximum Gasteiger partial charge on any atom is 0.266 e. The molecule has 0 N–H and O–H groups in total. The fourth-order valence-corrected chi connectivity index (χ4v) is 17.2. The van der Waals surface area contributed by atoms with Crippen molar-refractivity contribution >= 4 is 102 Å². The molecule has 0 unspecified atom stereocenters. The number of hydrogen-bond acceptors (Lipinski definition) is 4. The van der Waals surface area contributed by atoms with Crippen molar-refractivity contribution in [3.8, 4) is 118 Å². The number of fused-ring (bicyclic) bond motifs is 9. The van der Waals surface area contributed by atoms with Crippen molar-refractivity contribution in [3.63, 3.8) is 0 Å². The first-order valence-corrected chi connectivity index (χ1v) is 35.9. The average molecular weight is 1380 g/mol. The first kappa shape index (κ1) is 46.4. The molecule has 0 spiro atoms. The molecular weight excluding hydrogens is 1300 g/mol. The SMILES string of the molecule is [2H]c1c([2H])c([2H])c(-c2c([2H])c([2H])c3c(c2[2H])N(c2c(-c4ccccc4)cccc2-c2ccccc2-c2ccccc2)c2cc(C(C)(C)C)cc4c2B3c2c3c5c(c([2H])c2N4c2c(-c4ccccc4)cccc2-c2ccccc2-c2ccccc2)-n2c4c([2H])c([2H])c([2H])c([2H])c4c4c([2H])c([2H])c6c(c42)B5c2c(c([2H])c(-c4ccccc4)c([2H])c2O6)O3)c([2H])c1[2H]. The standard InChI is InChI=1S/C100H67B2N3O2/c1-100(2,3)70-59-84-91-85(60-70)105(97-74(67-40-20-9-21-41-67)48-29-50-79(97)76-45-25-23-43-72(76)65-36-16-7-17-37-65)86-61-87-93-99(107-90-58-69(63-32-12-5-13-33-63)57-89-94(90)102(93)95-88(106-89)55-53-80-77-46-26-27-51-82(77)103(87)98(80)95)92(86)101(91)81-54-52-68(62-30-10-4-11-31-62)56-83(81)104(84)96-73(66-38-18-8-19-39-66)47-28-49-78(96)75-44-24-22-42-71(75)64-34-14-6-15-35-64/h4-61H,1-3H3/i4D,10D,11D,26D,27D,30D,31D,46D,51D,52D,53D,54D,55D,56D,57D,58D,61D. The molecule has 0 bridgehead atoms. The van der Waals surface area contributed by atoms with Gasteiger partial charge in [-0.25, -0.2) is 0 Å². The molecule has 0 atom stereocenters. The van der Waals surface area contributed by atoms with E-state index in [1.165, 1.54) is 0 Å². The summed E-state index contributed by atoms with van der Waals surface area (Å²) in [4.78, 5) is 4.07. The Hall–Kier alpha value is -13.4. The second kappa shape index (κ2) is 23.6. The number of rotatable bonds is 10. The van der Waals surface area contributed by atoms with Crippen LogP contribution in [0.25, 0.3) is 117 Å². The highest BCUT2D eigenvalue weighted by atomic mass is 16.5.